The highest BCUT2D eigenvalue weighted by molar-refractivity contribution is 5.68. The van der Waals surface area contributed by atoms with Gasteiger partial charge in [0.2, 0.25) is 0 Å². The summed E-state index contributed by atoms with van der Waals surface area (Å²) in [6.07, 6.45) is 0.0127. The van der Waals surface area contributed by atoms with Gasteiger partial charge in [-0.1, -0.05) is 35.9 Å². The Morgan fingerprint density at radius 3 is 2.40 bits per heavy atom. The lowest BCUT2D eigenvalue weighted by molar-refractivity contribution is -0.137. The number of carboxylic acid groups (broad SMARTS) is 1. The van der Waals surface area contributed by atoms with Gasteiger partial charge in [-0.2, -0.15) is 0 Å². The molecule has 0 saturated heterocycles. The van der Waals surface area contributed by atoms with Gasteiger partial charge in [-0.25, -0.2) is 0 Å². The lowest BCUT2D eigenvalue weighted by Gasteiger charge is -2.09. The van der Waals surface area contributed by atoms with Crippen LogP contribution in [-0.2, 0) is 4.79 Å². The minimum Gasteiger partial charge on any atom is -0.493 e. The molecule has 0 atom stereocenters. The second kappa shape index (κ2) is 6.24. The maximum Gasteiger partial charge on any atom is 0.306 e. The van der Waals surface area contributed by atoms with Crippen LogP contribution in [0.1, 0.15) is 17.5 Å². The van der Waals surface area contributed by atoms with E-state index in [-0.39, 0.29) is 13.0 Å². The maximum atomic E-state index is 10.4. The molecule has 104 valence electrons. The van der Waals surface area contributed by atoms with Crippen LogP contribution in [0, 0.1) is 13.8 Å². The first-order valence-electron chi connectivity index (χ1n) is 6.58. The molecule has 2 aromatic rings. The van der Waals surface area contributed by atoms with Crippen molar-refractivity contribution >= 4 is 5.97 Å². The van der Waals surface area contributed by atoms with Crippen molar-refractivity contribution in [3.63, 3.8) is 0 Å². The van der Waals surface area contributed by atoms with Gasteiger partial charge in [0.05, 0.1) is 13.0 Å². The van der Waals surface area contributed by atoms with Crippen molar-refractivity contribution in [3.8, 4) is 16.9 Å². The summed E-state index contributed by atoms with van der Waals surface area (Å²) < 4.78 is 5.38. The molecule has 0 spiro atoms. The van der Waals surface area contributed by atoms with Crippen molar-refractivity contribution in [1.82, 2.24) is 0 Å². The third kappa shape index (κ3) is 3.60. The Kier molecular flexibility index (Phi) is 4.41. The zero-order valence-corrected chi connectivity index (χ0v) is 11.7. The van der Waals surface area contributed by atoms with E-state index in [4.69, 9.17) is 9.84 Å². The van der Waals surface area contributed by atoms with Gasteiger partial charge in [-0.15, -0.1) is 0 Å². The van der Waals surface area contributed by atoms with Crippen LogP contribution in [0.2, 0.25) is 0 Å². The fraction of sp³-hybridized carbons (Fsp3) is 0.235. The summed E-state index contributed by atoms with van der Waals surface area (Å²) in [6.45, 7) is 4.37. The van der Waals surface area contributed by atoms with E-state index in [0.717, 1.165) is 5.56 Å². The molecule has 0 aliphatic rings. The number of hydrogen-bond donors (Lipinski definition) is 1. The molecular weight excluding hydrogens is 252 g/mol. The van der Waals surface area contributed by atoms with Crippen LogP contribution in [0.25, 0.3) is 11.1 Å². The second-order valence-electron chi connectivity index (χ2n) is 4.83. The molecular formula is C17H18O3. The average molecular weight is 270 g/mol. The van der Waals surface area contributed by atoms with Gasteiger partial charge in [0.15, 0.2) is 0 Å². The maximum absolute atomic E-state index is 10.4. The van der Waals surface area contributed by atoms with Gasteiger partial charge >= 0.3 is 5.97 Å². The summed E-state index contributed by atoms with van der Waals surface area (Å²) in [6, 6.07) is 14.1. The number of rotatable bonds is 5. The Bertz CT molecular complexity index is 600. The monoisotopic (exact) mass is 270 g/mol. The summed E-state index contributed by atoms with van der Waals surface area (Å²) in [5.41, 5.74) is 4.82. The average Bonchev–Trinajstić information content (AvgIpc) is 2.39. The van der Waals surface area contributed by atoms with Crippen LogP contribution < -0.4 is 4.74 Å². The minimum atomic E-state index is -0.850. The molecule has 0 saturated carbocycles. The molecule has 0 amide bonds. The van der Waals surface area contributed by atoms with Gasteiger partial charge in [-0.05, 0) is 42.7 Å². The zero-order valence-electron chi connectivity index (χ0n) is 11.7. The third-order valence-electron chi connectivity index (χ3n) is 3.13. The fourth-order valence-corrected chi connectivity index (χ4v) is 2.12. The first kappa shape index (κ1) is 14.1. The van der Waals surface area contributed by atoms with Crippen molar-refractivity contribution < 1.29 is 14.6 Å². The minimum absolute atomic E-state index is 0.0127. The van der Waals surface area contributed by atoms with Gasteiger partial charge in [-0.3, -0.25) is 4.79 Å². The van der Waals surface area contributed by atoms with Crippen molar-refractivity contribution in [2.24, 2.45) is 0 Å². The standard InChI is InChI=1S/C17H18O3/c1-12-3-8-16(13(2)11-12)14-4-6-15(7-5-14)20-10-9-17(18)19/h3-8,11H,9-10H2,1-2H3,(H,18,19). The molecule has 3 nitrogen and oxygen atoms in total. The number of aryl methyl sites for hydroxylation is 2. The molecule has 0 fully saturated rings. The Morgan fingerprint density at radius 2 is 1.80 bits per heavy atom. The van der Waals surface area contributed by atoms with E-state index in [1.54, 1.807) is 0 Å². The number of aliphatic carboxylic acids is 1. The molecule has 0 heterocycles. The van der Waals surface area contributed by atoms with Gasteiger partial charge < -0.3 is 9.84 Å². The topological polar surface area (TPSA) is 46.5 Å². The number of ether oxygens (including phenoxy) is 1. The van der Waals surface area contributed by atoms with Crippen molar-refractivity contribution in [2.45, 2.75) is 20.3 Å². The van der Waals surface area contributed by atoms with Crippen molar-refractivity contribution in [3.05, 3.63) is 53.6 Å². The summed E-state index contributed by atoms with van der Waals surface area (Å²) in [5.74, 6) is -0.156. The van der Waals surface area contributed by atoms with Crippen molar-refractivity contribution in [2.75, 3.05) is 6.61 Å². The molecule has 3 heteroatoms. The SMILES string of the molecule is Cc1ccc(-c2ccc(OCCC(=O)O)cc2)c(C)c1. The number of benzene rings is 2. The van der Waals surface area contributed by atoms with Crippen LogP contribution in [0.5, 0.6) is 5.75 Å². The molecule has 0 aromatic heterocycles. The molecule has 2 aromatic carbocycles. The van der Waals surface area contributed by atoms with E-state index in [1.807, 2.05) is 24.3 Å². The summed E-state index contributed by atoms with van der Waals surface area (Å²) in [5, 5.41) is 8.56. The third-order valence-corrected chi connectivity index (χ3v) is 3.13. The molecule has 0 bridgehead atoms. The van der Waals surface area contributed by atoms with E-state index in [9.17, 15) is 4.79 Å². The molecule has 0 unspecified atom stereocenters. The molecule has 0 aliphatic heterocycles. The predicted octanol–water partition coefficient (Wildman–Crippen LogP) is 3.82. The Labute approximate surface area is 118 Å². The van der Waals surface area contributed by atoms with E-state index >= 15 is 0 Å². The van der Waals surface area contributed by atoms with Gasteiger partial charge in [0.25, 0.3) is 0 Å². The van der Waals surface area contributed by atoms with Crippen LogP contribution in [0.15, 0.2) is 42.5 Å². The van der Waals surface area contributed by atoms with E-state index in [2.05, 4.69) is 32.0 Å². The van der Waals surface area contributed by atoms with Crippen LogP contribution in [-0.4, -0.2) is 17.7 Å². The Balaban J connectivity index is 2.09. The summed E-state index contributed by atoms with van der Waals surface area (Å²) >= 11 is 0. The Morgan fingerprint density at radius 1 is 1.10 bits per heavy atom. The molecule has 0 radical (unpaired) electrons. The van der Waals surface area contributed by atoms with Gasteiger partial charge in [0, 0.05) is 0 Å². The van der Waals surface area contributed by atoms with E-state index in [1.165, 1.54) is 16.7 Å². The van der Waals surface area contributed by atoms with Crippen LogP contribution in [0.4, 0.5) is 0 Å². The van der Waals surface area contributed by atoms with E-state index in [0.29, 0.717) is 5.75 Å². The molecule has 20 heavy (non-hydrogen) atoms. The first-order chi connectivity index (χ1) is 9.56. The molecule has 2 rings (SSSR count). The first-order valence-corrected chi connectivity index (χ1v) is 6.58. The lowest BCUT2D eigenvalue weighted by Crippen LogP contribution is -2.04. The quantitative estimate of drug-likeness (QED) is 0.898. The predicted molar refractivity (Wildman–Crippen MR) is 79.1 cm³/mol. The number of carbonyl (C=O) groups is 1. The highest BCUT2D eigenvalue weighted by atomic mass is 16.5. The zero-order chi connectivity index (χ0) is 14.5. The smallest absolute Gasteiger partial charge is 0.306 e. The fourth-order valence-electron chi connectivity index (χ4n) is 2.12. The van der Waals surface area contributed by atoms with Crippen LogP contribution in [0.3, 0.4) is 0 Å². The van der Waals surface area contributed by atoms with Gasteiger partial charge in [0.1, 0.15) is 5.75 Å². The normalized spacial score (nSPS) is 10.3. The van der Waals surface area contributed by atoms with E-state index < -0.39 is 5.97 Å². The Hall–Kier alpha value is -2.29. The summed E-state index contributed by atoms with van der Waals surface area (Å²) in [4.78, 5) is 10.4. The lowest BCUT2D eigenvalue weighted by atomic mass is 9.99. The highest BCUT2D eigenvalue weighted by Crippen LogP contribution is 2.26. The molecule has 0 aliphatic carbocycles. The van der Waals surface area contributed by atoms with Crippen molar-refractivity contribution in [1.29, 1.82) is 0 Å². The summed E-state index contributed by atoms with van der Waals surface area (Å²) in [7, 11) is 0. The second-order valence-corrected chi connectivity index (χ2v) is 4.83. The number of carboxylic acids is 1. The molecule has 1 N–H and O–H groups in total. The largest absolute Gasteiger partial charge is 0.493 e. The van der Waals surface area contributed by atoms with Crippen LogP contribution >= 0.6 is 0 Å². The highest BCUT2D eigenvalue weighted by Gasteiger charge is 2.03. The number of hydrogen-bond acceptors (Lipinski definition) is 2.